The molecule has 344 valence electrons. The third-order valence-corrected chi connectivity index (χ3v) is 12.0. The summed E-state index contributed by atoms with van der Waals surface area (Å²) >= 11 is 0. The molecule has 0 aliphatic carbocycles. The van der Waals surface area contributed by atoms with Crippen LogP contribution in [0.15, 0.2) is 102 Å². The number of halogens is 2. The summed E-state index contributed by atoms with van der Waals surface area (Å²) in [4.78, 5) is 36.2. The molecule has 14 nitrogen and oxygen atoms in total. The van der Waals surface area contributed by atoms with Gasteiger partial charge in [0.15, 0.2) is 0 Å². The number of ether oxygens (including phenoxy) is 4. The number of piperidine rings is 2. The number of pyridine rings is 2. The van der Waals surface area contributed by atoms with Crippen molar-refractivity contribution in [1.29, 1.82) is 5.26 Å². The summed E-state index contributed by atoms with van der Waals surface area (Å²) in [5.41, 5.74) is 3.17. The number of fused-ring (bicyclic) bond motifs is 2. The summed E-state index contributed by atoms with van der Waals surface area (Å²) in [6.45, 7) is 9.51. The molecule has 2 fully saturated rings. The summed E-state index contributed by atoms with van der Waals surface area (Å²) in [6.07, 6.45) is 4.88. The lowest BCUT2D eigenvalue weighted by Crippen LogP contribution is -2.42. The molecule has 2 aliphatic heterocycles. The van der Waals surface area contributed by atoms with Crippen molar-refractivity contribution in [2.75, 3.05) is 26.2 Å². The van der Waals surface area contributed by atoms with Gasteiger partial charge in [0.05, 0.1) is 39.8 Å². The second kappa shape index (κ2) is 20.5. The third-order valence-electron chi connectivity index (χ3n) is 11.1. The van der Waals surface area contributed by atoms with Crippen molar-refractivity contribution in [3.8, 4) is 39.8 Å². The van der Waals surface area contributed by atoms with Gasteiger partial charge in [-0.1, -0.05) is 36.4 Å². The van der Waals surface area contributed by atoms with Crippen molar-refractivity contribution in [2.24, 2.45) is 5.14 Å². The molecule has 0 bridgehead atoms. The standard InChI is InChI=1S/C25H24FN3O3.C24H26FN3O5S/c1-16(2)31-25(30)29-12-9-18(10-13-29)32-23-8-11-28-24-20(4-3-5-21(23)24)19-7-6-17(15-27)14-22(19)26;1-15(2)32-24(29)28-12-9-16(10-13-28)33-22-8-11-27-23-19(4-3-5-20(22)23)18-7-6-17(14-21(18)25)34(26,30)31/h3-8,11,14,16,18H,9-10,12-13H2,1-2H3;3-8,11,14-16H,9-10,12-13H2,1-2H3,(H2,26,30,31). The van der Waals surface area contributed by atoms with Gasteiger partial charge in [-0.3, -0.25) is 9.97 Å². The van der Waals surface area contributed by atoms with Gasteiger partial charge in [-0.25, -0.2) is 31.9 Å². The van der Waals surface area contributed by atoms with Crippen molar-refractivity contribution in [3.05, 3.63) is 115 Å². The fourth-order valence-electron chi connectivity index (χ4n) is 7.86. The van der Waals surface area contributed by atoms with Crippen LogP contribution in [0.2, 0.25) is 0 Å². The summed E-state index contributed by atoms with van der Waals surface area (Å²) in [6, 6.07) is 24.4. The van der Waals surface area contributed by atoms with E-state index in [4.69, 9.17) is 29.3 Å². The second-order valence-corrected chi connectivity index (χ2v) is 18.0. The van der Waals surface area contributed by atoms with Gasteiger partial charge in [0.25, 0.3) is 0 Å². The number of sulfonamides is 1. The van der Waals surface area contributed by atoms with Gasteiger partial charge in [-0.2, -0.15) is 5.26 Å². The largest absolute Gasteiger partial charge is 0.490 e. The highest BCUT2D eigenvalue weighted by molar-refractivity contribution is 7.89. The Morgan fingerprint density at radius 2 is 1.11 bits per heavy atom. The average Bonchev–Trinajstić information content (AvgIpc) is 3.29. The van der Waals surface area contributed by atoms with E-state index in [-0.39, 0.29) is 52.6 Å². The fraction of sp³-hybridized carbons (Fsp3) is 0.327. The maximum Gasteiger partial charge on any atom is 0.410 e. The Hall–Kier alpha value is -6.90. The first kappa shape index (κ1) is 47.1. The molecule has 17 heteroatoms. The van der Waals surface area contributed by atoms with Crippen LogP contribution in [0, 0.1) is 23.0 Å². The predicted molar refractivity (Wildman–Crippen MR) is 244 cm³/mol. The monoisotopic (exact) mass is 920 g/mol. The number of carbonyl (C=O) groups excluding carboxylic acids is 2. The number of hydrogen-bond donors (Lipinski definition) is 1. The minimum atomic E-state index is -4.01. The lowest BCUT2D eigenvalue weighted by Gasteiger charge is -2.32. The lowest BCUT2D eigenvalue weighted by molar-refractivity contribution is 0.0510. The zero-order valence-electron chi connectivity index (χ0n) is 36.9. The maximum absolute atomic E-state index is 14.8. The number of nitriles is 1. The van der Waals surface area contributed by atoms with Crippen LogP contribution in [-0.4, -0.2) is 91.0 Å². The van der Waals surface area contributed by atoms with Gasteiger partial charge in [0.1, 0.15) is 35.3 Å². The Morgan fingerprint density at radius 3 is 1.50 bits per heavy atom. The van der Waals surface area contributed by atoms with E-state index in [9.17, 15) is 26.8 Å². The van der Waals surface area contributed by atoms with Crippen molar-refractivity contribution >= 4 is 44.0 Å². The molecule has 4 heterocycles. The first-order valence-corrected chi connectivity index (χ1v) is 23.2. The van der Waals surface area contributed by atoms with E-state index < -0.39 is 21.7 Å². The Morgan fingerprint density at radius 1 is 0.667 bits per heavy atom. The van der Waals surface area contributed by atoms with Crippen LogP contribution in [0.1, 0.15) is 58.9 Å². The lowest BCUT2D eigenvalue weighted by atomic mass is 10.00. The van der Waals surface area contributed by atoms with E-state index >= 15 is 0 Å². The van der Waals surface area contributed by atoms with E-state index in [0.717, 1.165) is 11.5 Å². The topological polar surface area (TPSA) is 187 Å². The fourth-order valence-corrected chi connectivity index (χ4v) is 8.39. The first-order valence-electron chi connectivity index (χ1n) is 21.6. The third kappa shape index (κ3) is 11.1. The molecule has 2 amide bonds. The van der Waals surface area contributed by atoms with E-state index in [1.807, 2.05) is 58.0 Å². The molecule has 0 atom stereocenters. The average molecular weight is 921 g/mol. The van der Waals surface area contributed by atoms with Crippen LogP contribution in [0.3, 0.4) is 0 Å². The van der Waals surface area contributed by atoms with E-state index in [1.54, 1.807) is 58.6 Å². The number of carbonyl (C=O) groups is 2. The first-order chi connectivity index (χ1) is 31.6. The molecule has 2 saturated heterocycles. The van der Waals surface area contributed by atoms with Crippen LogP contribution >= 0.6 is 0 Å². The van der Waals surface area contributed by atoms with Crippen LogP contribution in [0.25, 0.3) is 44.1 Å². The SMILES string of the molecule is CC(C)OC(=O)N1CCC(Oc2ccnc3c(-c4ccc(C#N)cc4F)cccc23)CC1.CC(C)OC(=O)N1CCC(Oc2ccnc3c(-c4ccc(S(N)(=O)=O)cc4F)cccc23)CC1. The Balaban J connectivity index is 0.000000197. The van der Waals surface area contributed by atoms with Gasteiger partial charge in [-0.15, -0.1) is 0 Å². The highest BCUT2D eigenvalue weighted by atomic mass is 32.2. The molecular weight excluding hydrogens is 871 g/mol. The number of nitrogens with two attached hydrogens (primary N) is 1. The van der Waals surface area contributed by atoms with Gasteiger partial charge in [0.2, 0.25) is 10.0 Å². The van der Waals surface area contributed by atoms with E-state index in [0.29, 0.717) is 96.5 Å². The van der Waals surface area contributed by atoms with Gasteiger partial charge < -0.3 is 28.7 Å². The van der Waals surface area contributed by atoms with E-state index in [1.165, 1.54) is 18.2 Å². The highest BCUT2D eigenvalue weighted by Gasteiger charge is 2.28. The van der Waals surface area contributed by atoms with Gasteiger partial charge in [0, 0.05) is 97.3 Å². The van der Waals surface area contributed by atoms with Crippen molar-refractivity contribution in [3.63, 3.8) is 0 Å². The normalized spacial score (nSPS) is 14.7. The smallest absolute Gasteiger partial charge is 0.410 e. The number of primary sulfonamides is 1. The Labute approximate surface area is 381 Å². The van der Waals surface area contributed by atoms with E-state index in [2.05, 4.69) is 9.97 Å². The Kier molecular flexibility index (Phi) is 14.6. The van der Waals surface area contributed by atoms with Crippen molar-refractivity contribution < 1.29 is 45.7 Å². The predicted octanol–water partition coefficient (Wildman–Crippen LogP) is 9.38. The summed E-state index contributed by atoms with van der Waals surface area (Å²) in [7, 11) is -4.01. The Bertz CT molecular complexity index is 2890. The van der Waals surface area contributed by atoms with Crippen LogP contribution in [-0.2, 0) is 19.5 Å². The van der Waals surface area contributed by atoms with Crippen molar-refractivity contribution in [2.45, 2.75) is 82.7 Å². The molecule has 4 aromatic carbocycles. The molecule has 2 aliphatic rings. The second-order valence-electron chi connectivity index (χ2n) is 16.5. The summed E-state index contributed by atoms with van der Waals surface area (Å²) < 4.78 is 75.6. The number of aromatic nitrogens is 2. The molecule has 0 unspecified atom stereocenters. The van der Waals surface area contributed by atoms with Crippen molar-refractivity contribution in [1.82, 2.24) is 19.8 Å². The van der Waals surface area contributed by atoms with Crippen LogP contribution < -0.4 is 14.6 Å². The zero-order chi connectivity index (χ0) is 47.1. The van der Waals surface area contributed by atoms with Crippen LogP contribution in [0.4, 0.5) is 18.4 Å². The minimum Gasteiger partial charge on any atom is -0.490 e. The summed E-state index contributed by atoms with van der Waals surface area (Å²) in [5.74, 6) is 0.101. The molecular formula is C49H50F2N6O8S. The molecule has 6 aromatic rings. The van der Waals surface area contributed by atoms with Gasteiger partial charge >= 0.3 is 12.2 Å². The number of likely N-dealkylation sites (tertiary alicyclic amines) is 2. The number of rotatable bonds is 9. The molecule has 66 heavy (non-hydrogen) atoms. The summed E-state index contributed by atoms with van der Waals surface area (Å²) in [5, 5.41) is 15.6. The molecule has 0 saturated carbocycles. The minimum absolute atomic E-state index is 0.0426. The quantitative estimate of drug-likeness (QED) is 0.146. The maximum atomic E-state index is 14.8. The molecule has 0 radical (unpaired) electrons. The number of hydrogen-bond acceptors (Lipinski definition) is 11. The molecule has 2 N–H and O–H groups in total. The molecule has 8 rings (SSSR count). The zero-order valence-corrected chi connectivity index (χ0v) is 37.8. The highest BCUT2D eigenvalue weighted by Crippen LogP contribution is 2.37. The molecule has 0 spiro atoms. The number of para-hydroxylation sites is 2. The number of benzene rings is 4. The number of amides is 2. The van der Waals surface area contributed by atoms with Crippen LogP contribution in [0.5, 0.6) is 11.5 Å². The van der Waals surface area contributed by atoms with Gasteiger partial charge in [-0.05, 0) is 76.2 Å². The molecule has 2 aromatic heterocycles. The number of nitrogens with zero attached hydrogens (tertiary/aromatic N) is 5.